The van der Waals surface area contributed by atoms with E-state index in [1.54, 1.807) is 19.9 Å². The lowest BCUT2D eigenvalue weighted by Crippen LogP contribution is -2.51. The zero-order valence-electron chi connectivity index (χ0n) is 14.6. The maximum absolute atomic E-state index is 13.1. The Kier molecular flexibility index (Phi) is 5.07. The molecule has 1 fully saturated rings. The Morgan fingerprint density at radius 2 is 1.71 bits per heavy atom. The third-order valence-electron chi connectivity index (χ3n) is 4.23. The monoisotopic (exact) mass is 427 g/mol. The molecule has 0 radical (unpaired) electrons. The Labute approximate surface area is 168 Å². The quantitative estimate of drug-likeness (QED) is 0.436. The third-order valence-corrected chi connectivity index (χ3v) is 4.75. The summed E-state index contributed by atoms with van der Waals surface area (Å²) >= 11 is 10.9. The van der Waals surface area contributed by atoms with Gasteiger partial charge in [-0.3, -0.25) is 20.2 Å². The second-order valence-corrected chi connectivity index (χ2v) is 6.94. The van der Waals surface area contributed by atoms with Gasteiger partial charge in [0.15, 0.2) is 5.11 Å². The molecule has 10 heteroatoms. The van der Waals surface area contributed by atoms with E-state index in [4.69, 9.17) is 23.8 Å². The molecule has 0 unspecified atom stereocenters. The smallest absolute Gasteiger partial charge is 0.316 e. The Hall–Kier alpha value is -2.65. The van der Waals surface area contributed by atoms with Gasteiger partial charge in [0.05, 0.1) is 16.3 Å². The molecule has 3 rings (SSSR count). The number of aryl methyl sites for hydroxylation is 1. The highest BCUT2D eigenvalue weighted by atomic mass is 35.5. The van der Waals surface area contributed by atoms with Gasteiger partial charge in [-0.25, -0.2) is 0 Å². The first-order valence-electron chi connectivity index (χ1n) is 7.93. The fourth-order valence-corrected chi connectivity index (χ4v) is 3.31. The van der Waals surface area contributed by atoms with Crippen molar-refractivity contribution >= 4 is 46.8 Å². The van der Waals surface area contributed by atoms with Crippen LogP contribution in [-0.4, -0.2) is 21.5 Å². The van der Waals surface area contributed by atoms with Crippen LogP contribution in [0.1, 0.15) is 22.5 Å². The molecule has 5 nitrogen and oxygen atoms in total. The largest absolute Gasteiger partial charge is 0.416 e. The molecule has 2 aromatic rings. The van der Waals surface area contributed by atoms with E-state index >= 15 is 0 Å². The Morgan fingerprint density at radius 3 is 2.29 bits per heavy atom. The second kappa shape index (κ2) is 7.06. The lowest BCUT2D eigenvalue weighted by atomic mass is 10.1. The van der Waals surface area contributed by atoms with Crippen LogP contribution in [0.5, 0.6) is 0 Å². The first kappa shape index (κ1) is 20.1. The molecule has 2 N–H and O–H groups in total. The number of carbonyl (C=O) groups excluding carboxylic acids is 2. The van der Waals surface area contributed by atoms with Crippen LogP contribution in [0.4, 0.5) is 13.2 Å². The fraction of sp³-hybridized carbons (Fsp3) is 0.167. The summed E-state index contributed by atoms with van der Waals surface area (Å²) in [5.74, 6) is -1.31. The number of benzene rings is 1. The van der Waals surface area contributed by atoms with E-state index in [1.165, 1.54) is 16.7 Å². The average molecular weight is 428 g/mol. The molecule has 28 heavy (non-hydrogen) atoms. The molecule has 2 amide bonds. The minimum absolute atomic E-state index is 0.0895. The van der Waals surface area contributed by atoms with Gasteiger partial charge in [0.2, 0.25) is 0 Å². The molecule has 0 atom stereocenters. The van der Waals surface area contributed by atoms with Gasteiger partial charge in [0.25, 0.3) is 11.8 Å². The van der Waals surface area contributed by atoms with Gasteiger partial charge in [0, 0.05) is 11.4 Å². The number of halogens is 4. The number of hydrogen-bond donors (Lipinski definition) is 2. The van der Waals surface area contributed by atoms with Gasteiger partial charge >= 0.3 is 6.18 Å². The molecule has 1 saturated heterocycles. The highest BCUT2D eigenvalue weighted by Crippen LogP contribution is 2.35. The van der Waals surface area contributed by atoms with Crippen LogP contribution in [0.25, 0.3) is 11.8 Å². The number of alkyl halides is 3. The van der Waals surface area contributed by atoms with Crippen molar-refractivity contribution in [2.24, 2.45) is 0 Å². The van der Waals surface area contributed by atoms with Crippen molar-refractivity contribution in [3.8, 4) is 5.69 Å². The molecule has 2 heterocycles. The summed E-state index contributed by atoms with van der Waals surface area (Å²) in [6.07, 6.45) is -3.16. The number of carbonyl (C=O) groups is 2. The van der Waals surface area contributed by atoms with Crippen molar-refractivity contribution in [3.05, 3.63) is 57.4 Å². The van der Waals surface area contributed by atoms with Gasteiger partial charge in [-0.15, -0.1) is 0 Å². The third kappa shape index (κ3) is 3.67. The summed E-state index contributed by atoms with van der Waals surface area (Å²) in [6, 6.07) is 4.69. The SMILES string of the molecule is Cc1cc(C=C2C(=O)NC(=S)NC2=O)c(C)n1-c1cc(C(F)(F)F)ccc1Cl. The van der Waals surface area contributed by atoms with Crippen molar-refractivity contribution in [2.75, 3.05) is 0 Å². The predicted octanol–water partition coefficient (Wildman–Crippen LogP) is 3.68. The van der Waals surface area contributed by atoms with E-state index in [2.05, 4.69) is 10.6 Å². The predicted molar refractivity (Wildman–Crippen MR) is 102 cm³/mol. The first-order chi connectivity index (χ1) is 13.0. The second-order valence-electron chi connectivity index (χ2n) is 6.12. The van der Waals surface area contributed by atoms with Crippen molar-refractivity contribution < 1.29 is 22.8 Å². The van der Waals surface area contributed by atoms with Gasteiger partial charge in [-0.1, -0.05) is 11.6 Å². The Morgan fingerprint density at radius 1 is 1.11 bits per heavy atom. The maximum atomic E-state index is 13.1. The summed E-state index contributed by atoms with van der Waals surface area (Å²) in [4.78, 5) is 24.0. The van der Waals surface area contributed by atoms with E-state index in [1.807, 2.05) is 0 Å². The minimum Gasteiger partial charge on any atom is -0.316 e. The van der Waals surface area contributed by atoms with Gasteiger partial charge in [0.1, 0.15) is 5.57 Å². The van der Waals surface area contributed by atoms with Crippen LogP contribution >= 0.6 is 23.8 Å². The molecule has 146 valence electrons. The zero-order chi connectivity index (χ0) is 20.8. The number of amides is 2. The normalized spacial score (nSPS) is 14.8. The lowest BCUT2D eigenvalue weighted by Gasteiger charge is -2.16. The average Bonchev–Trinajstić information content (AvgIpc) is 2.84. The summed E-state index contributed by atoms with van der Waals surface area (Å²) < 4.78 is 40.8. The summed E-state index contributed by atoms with van der Waals surface area (Å²) in [7, 11) is 0. The van der Waals surface area contributed by atoms with Crippen LogP contribution in [0.3, 0.4) is 0 Å². The number of nitrogens with zero attached hydrogens (tertiary/aromatic N) is 1. The fourth-order valence-electron chi connectivity index (χ4n) is 2.93. The van der Waals surface area contributed by atoms with E-state index in [0.29, 0.717) is 17.0 Å². The van der Waals surface area contributed by atoms with E-state index in [9.17, 15) is 22.8 Å². The van der Waals surface area contributed by atoms with Gasteiger partial charge in [-0.2, -0.15) is 13.2 Å². The zero-order valence-corrected chi connectivity index (χ0v) is 16.1. The minimum atomic E-state index is -4.52. The molecule has 1 aromatic carbocycles. The summed E-state index contributed by atoms with van der Waals surface area (Å²) in [5.41, 5.74) is 0.731. The number of nitrogens with one attached hydrogen (secondary N) is 2. The Balaban J connectivity index is 2.12. The number of hydrogen-bond acceptors (Lipinski definition) is 3. The van der Waals surface area contributed by atoms with E-state index < -0.39 is 23.6 Å². The van der Waals surface area contributed by atoms with E-state index in [-0.39, 0.29) is 21.4 Å². The first-order valence-corrected chi connectivity index (χ1v) is 8.72. The van der Waals surface area contributed by atoms with Crippen LogP contribution in [0, 0.1) is 13.8 Å². The molecular formula is C18H13ClF3N3O2S. The van der Waals surface area contributed by atoms with Crippen LogP contribution in [-0.2, 0) is 15.8 Å². The van der Waals surface area contributed by atoms with Gasteiger partial charge < -0.3 is 4.57 Å². The highest BCUT2D eigenvalue weighted by Gasteiger charge is 2.31. The van der Waals surface area contributed by atoms with Crippen molar-refractivity contribution in [1.82, 2.24) is 15.2 Å². The number of aromatic nitrogens is 1. The summed E-state index contributed by atoms with van der Waals surface area (Å²) in [5, 5.41) is 4.69. The standard InChI is InChI=1S/C18H13ClF3N3O2S/c1-8-5-10(6-12-15(26)23-17(28)24-16(12)27)9(2)25(8)14-7-11(18(20,21)22)3-4-13(14)19/h3-7H,1-2H3,(H2,23,24,26,27,28). The van der Waals surface area contributed by atoms with Crippen molar-refractivity contribution in [1.29, 1.82) is 0 Å². The van der Waals surface area contributed by atoms with Crippen LogP contribution < -0.4 is 10.6 Å². The van der Waals surface area contributed by atoms with Crippen molar-refractivity contribution in [3.63, 3.8) is 0 Å². The number of thiocarbonyl (C=S) groups is 1. The summed E-state index contributed by atoms with van der Waals surface area (Å²) in [6.45, 7) is 3.33. The van der Waals surface area contributed by atoms with Crippen LogP contribution in [0.2, 0.25) is 5.02 Å². The lowest BCUT2D eigenvalue weighted by molar-refractivity contribution is -0.137. The maximum Gasteiger partial charge on any atom is 0.416 e. The Bertz CT molecular complexity index is 1040. The molecule has 0 bridgehead atoms. The highest BCUT2D eigenvalue weighted by molar-refractivity contribution is 7.80. The number of rotatable bonds is 2. The molecule has 0 saturated carbocycles. The van der Waals surface area contributed by atoms with Gasteiger partial charge in [-0.05, 0) is 62.0 Å². The van der Waals surface area contributed by atoms with E-state index in [0.717, 1.165) is 12.1 Å². The molecule has 0 aliphatic carbocycles. The topological polar surface area (TPSA) is 63.1 Å². The molecular weight excluding hydrogens is 415 g/mol. The van der Waals surface area contributed by atoms with Crippen molar-refractivity contribution in [2.45, 2.75) is 20.0 Å². The molecule has 1 aromatic heterocycles. The molecule has 1 aliphatic rings. The van der Waals surface area contributed by atoms with Crippen LogP contribution in [0.15, 0.2) is 29.8 Å². The molecule has 0 spiro atoms. The molecule has 1 aliphatic heterocycles.